The molecule has 2 atom stereocenters. The molecule has 0 aromatic rings. The van der Waals surface area contributed by atoms with E-state index in [0.717, 1.165) is 32.5 Å². The standard InChI is InChI=1S/C15H29N3O4/c1-4-16-15(18-10-12(2)14(19)20-3)17-7-5-8-22-13-6-9-21-11-13/h12-13H,4-11H2,1-3H3,(H2,16,17,18). The molecule has 0 saturated carbocycles. The van der Waals surface area contributed by atoms with Crippen molar-refractivity contribution < 1.29 is 19.0 Å². The maximum Gasteiger partial charge on any atom is 0.310 e. The number of hydrogen-bond donors (Lipinski definition) is 2. The van der Waals surface area contributed by atoms with Crippen molar-refractivity contribution in [2.75, 3.05) is 46.6 Å². The van der Waals surface area contributed by atoms with E-state index >= 15 is 0 Å². The van der Waals surface area contributed by atoms with E-state index < -0.39 is 0 Å². The molecule has 22 heavy (non-hydrogen) atoms. The van der Waals surface area contributed by atoms with Crippen molar-refractivity contribution in [1.82, 2.24) is 10.6 Å². The summed E-state index contributed by atoms with van der Waals surface area (Å²) in [6.07, 6.45) is 2.14. The van der Waals surface area contributed by atoms with Crippen molar-refractivity contribution in [3.63, 3.8) is 0 Å². The molecule has 2 N–H and O–H groups in total. The summed E-state index contributed by atoms with van der Waals surface area (Å²) in [6, 6.07) is 0. The van der Waals surface area contributed by atoms with Gasteiger partial charge in [-0.05, 0) is 19.8 Å². The zero-order valence-corrected chi connectivity index (χ0v) is 13.9. The van der Waals surface area contributed by atoms with Gasteiger partial charge in [-0.3, -0.25) is 9.79 Å². The fourth-order valence-corrected chi connectivity index (χ4v) is 2.02. The first-order valence-corrected chi connectivity index (χ1v) is 7.96. The third-order valence-electron chi connectivity index (χ3n) is 3.33. The number of esters is 1. The summed E-state index contributed by atoms with van der Waals surface area (Å²) in [7, 11) is 1.39. The summed E-state index contributed by atoms with van der Waals surface area (Å²) in [4.78, 5) is 15.7. The Bertz CT molecular complexity index is 344. The molecule has 1 fully saturated rings. The lowest BCUT2D eigenvalue weighted by molar-refractivity contribution is -0.144. The van der Waals surface area contributed by atoms with E-state index in [4.69, 9.17) is 14.2 Å². The molecule has 1 saturated heterocycles. The van der Waals surface area contributed by atoms with E-state index in [2.05, 4.69) is 15.6 Å². The molecule has 7 nitrogen and oxygen atoms in total. The summed E-state index contributed by atoms with van der Waals surface area (Å²) < 4.78 is 15.7. The molecular formula is C15H29N3O4. The minimum absolute atomic E-state index is 0.244. The lowest BCUT2D eigenvalue weighted by atomic mass is 10.2. The van der Waals surface area contributed by atoms with Crippen molar-refractivity contribution in [3.8, 4) is 0 Å². The molecule has 1 heterocycles. The fourth-order valence-electron chi connectivity index (χ4n) is 2.02. The molecule has 1 aliphatic heterocycles. The van der Waals surface area contributed by atoms with Crippen LogP contribution < -0.4 is 10.6 Å². The number of guanidine groups is 1. The smallest absolute Gasteiger partial charge is 0.310 e. The third-order valence-corrected chi connectivity index (χ3v) is 3.33. The molecule has 2 unspecified atom stereocenters. The fraction of sp³-hybridized carbons (Fsp3) is 0.867. The van der Waals surface area contributed by atoms with Gasteiger partial charge in [0.2, 0.25) is 0 Å². The highest BCUT2D eigenvalue weighted by Gasteiger charge is 2.15. The van der Waals surface area contributed by atoms with Gasteiger partial charge in [0.05, 0.1) is 32.3 Å². The van der Waals surface area contributed by atoms with Crippen LogP contribution in [0.4, 0.5) is 0 Å². The molecule has 0 bridgehead atoms. The molecular weight excluding hydrogens is 286 g/mol. The molecule has 0 aromatic heterocycles. The largest absolute Gasteiger partial charge is 0.469 e. The molecule has 0 amide bonds. The highest BCUT2D eigenvalue weighted by Crippen LogP contribution is 2.07. The van der Waals surface area contributed by atoms with Crippen LogP contribution in [0.15, 0.2) is 4.99 Å². The number of rotatable bonds is 9. The lowest BCUT2D eigenvalue weighted by Crippen LogP contribution is -2.38. The first-order chi connectivity index (χ1) is 10.7. The van der Waals surface area contributed by atoms with Crippen molar-refractivity contribution in [2.45, 2.75) is 32.8 Å². The summed E-state index contributed by atoms with van der Waals surface area (Å²) in [5.74, 6) is 0.223. The number of methoxy groups -OCH3 is 1. The van der Waals surface area contributed by atoms with Crippen molar-refractivity contribution in [2.24, 2.45) is 10.9 Å². The Kier molecular flexibility index (Phi) is 9.57. The number of hydrogen-bond acceptors (Lipinski definition) is 5. The molecule has 1 rings (SSSR count). The van der Waals surface area contributed by atoms with Crippen LogP contribution in [0.25, 0.3) is 0 Å². The van der Waals surface area contributed by atoms with E-state index in [9.17, 15) is 4.79 Å². The van der Waals surface area contributed by atoms with Crippen LogP contribution in [-0.4, -0.2) is 64.6 Å². The van der Waals surface area contributed by atoms with Gasteiger partial charge in [0.15, 0.2) is 5.96 Å². The number of carbonyl (C=O) groups excluding carboxylic acids is 1. The summed E-state index contributed by atoms with van der Waals surface area (Å²) >= 11 is 0. The zero-order valence-electron chi connectivity index (χ0n) is 13.9. The summed E-state index contributed by atoms with van der Waals surface area (Å²) in [6.45, 7) is 7.97. The topological polar surface area (TPSA) is 81.2 Å². The summed E-state index contributed by atoms with van der Waals surface area (Å²) in [5.41, 5.74) is 0. The van der Waals surface area contributed by atoms with Crippen LogP contribution in [0, 0.1) is 5.92 Å². The Morgan fingerprint density at radius 1 is 1.45 bits per heavy atom. The van der Waals surface area contributed by atoms with Gasteiger partial charge >= 0.3 is 5.97 Å². The number of aliphatic imine (C=N–C) groups is 1. The Balaban J connectivity index is 2.20. The van der Waals surface area contributed by atoms with Gasteiger partial charge < -0.3 is 24.8 Å². The van der Waals surface area contributed by atoms with E-state index in [-0.39, 0.29) is 18.0 Å². The first kappa shape index (κ1) is 18.7. The van der Waals surface area contributed by atoms with Crippen LogP contribution in [0.1, 0.15) is 26.7 Å². The van der Waals surface area contributed by atoms with E-state index in [0.29, 0.717) is 25.7 Å². The molecule has 0 spiro atoms. The maximum absolute atomic E-state index is 11.3. The second-order valence-electron chi connectivity index (χ2n) is 5.28. The minimum Gasteiger partial charge on any atom is -0.469 e. The predicted molar refractivity (Wildman–Crippen MR) is 85.0 cm³/mol. The summed E-state index contributed by atoms with van der Waals surface area (Å²) in [5, 5.41) is 6.39. The maximum atomic E-state index is 11.3. The second-order valence-corrected chi connectivity index (χ2v) is 5.28. The normalized spacial score (nSPS) is 19.8. The van der Waals surface area contributed by atoms with Gasteiger partial charge in [0, 0.05) is 26.3 Å². The van der Waals surface area contributed by atoms with Crippen molar-refractivity contribution in [1.29, 1.82) is 0 Å². The van der Waals surface area contributed by atoms with E-state index in [1.807, 2.05) is 6.92 Å². The van der Waals surface area contributed by atoms with E-state index in [1.54, 1.807) is 6.92 Å². The average Bonchev–Trinajstić information content (AvgIpc) is 3.04. The number of ether oxygens (including phenoxy) is 3. The molecule has 7 heteroatoms. The quantitative estimate of drug-likeness (QED) is 0.280. The first-order valence-electron chi connectivity index (χ1n) is 7.96. The number of nitrogens with zero attached hydrogens (tertiary/aromatic N) is 1. The molecule has 1 aliphatic rings. The molecule has 0 aromatic carbocycles. The van der Waals surface area contributed by atoms with Crippen LogP contribution in [0.3, 0.4) is 0 Å². The highest BCUT2D eigenvalue weighted by molar-refractivity contribution is 5.80. The predicted octanol–water partition coefficient (Wildman–Crippen LogP) is 0.546. The molecule has 0 radical (unpaired) electrons. The molecule has 0 aliphatic carbocycles. The van der Waals surface area contributed by atoms with Crippen LogP contribution >= 0.6 is 0 Å². The Morgan fingerprint density at radius 3 is 2.91 bits per heavy atom. The van der Waals surface area contributed by atoms with Gasteiger partial charge in [-0.25, -0.2) is 0 Å². The molecule has 128 valence electrons. The van der Waals surface area contributed by atoms with Gasteiger partial charge in [-0.15, -0.1) is 0 Å². The Morgan fingerprint density at radius 2 is 2.27 bits per heavy atom. The van der Waals surface area contributed by atoms with Crippen molar-refractivity contribution >= 4 is 11.9 Å². The lowest BCUT2D eigenvalue weighted by Gasteiger charge is -2.13. The van der Waals surface area contributed by atoms with Crippen LogP contribution in [-0.2, 0) is 19.0 Å². The number of nitrogens with one attached hydrogen (secondary N) is 2. The zero-order chi connectivity index (χ0) is 16.2. The SMILES string of the molecule is CCNC(=NCC(C)C(=O)OC)NCCCOC1CCOC1. The Labute approximate surface area is 132 Å². The number of carbonyl (C=O) groups is 1. The van der Waals surface area contributed by atoms with Crippen LogP contribution in [0.5, 0.6) is 0 Å². The highest BCUT2D eigenvalue weighted by atomic mass is 16.5. The monoisotopic (exact) mass is 315 g/mol. The third kappa shape index (κ3) is 7.61. The van der Waals surface area contributed by atoms with Gasteiger partial charge in [-0.2, -0.15) is 0 Å². The minimum atomic E-state index is -0.244. The van der Waals surface area contributed by atoms with Gasteiger partial charge in [-0.1, -0.05) is 6.92 Å². The van der Waals surface area contributed by atoms with Crippen molar-refractivity contribution in [3.05, 3.63) is 0 Å². The van der Waals surface area contributed by atoms with E-state index in [1.165, 1.54) is 7.11 Å². The van der Waals surface area contributed by atoms with Gasteiger partial charge in [0.25, 0.3) is 0 Å². The van der Waals surface area contributed by atoms with Crippen LogP contribution in [0.2, 0.25) is 0 Å². The average molecular weight is 315 g/mol. The second kappa shape index (κ2) is 11.3. The van der Waals surface area contributed by atoms with Gasteiger partial charge in [0.1, 0.15) is 0 Å². The Hall–Kier alpha value is -1.34.